The first-order chi connectivity index (χ1) is 13.6. The predicted molar refractivity (Wildman–Crippen MR) is 107 cm³/mol. The van der Waals surface area contributed by atoms with Crippen molar-refractivity contribution in [2.24, 2.45) is 17.8 Å². The molecule has 0 spiro atoms. The van der Waals surface area contributed by atoms with Crippen molar-refractivity contribution < 1.29 is 9.59 Å². The Kier molecular flexibility index (Phi) is 4.25. The maximum atomic E-state index is 12.4. The van der Waals surface area contributed by atoms with Gasteiger partial charge >= 0.3 is 6.03 Å². The van der Waals surface area contributed by atoms with Crippen molar-refractivity contribution in [2.45, 2.75) is 50.5 Å². The SMILES string of the molecule is O=C(CCNC(=O)NC12CC3CC(CC(C3)C1)C2)Nc1nc2ccccc2[nH]1. The highest BCUT2D eigenvalue weighted by Crippen LogP contribution is 2.55. The van der Waals surface area contributed by atoms with E-state index >= 15 is 0 Å². The quantitative estimate of drug-likeness (QED) is 0.640. The Bertz CT molecular complexity index is 837. The van der Waals surface area contributed by atoms with Gasteiger partial charge in [0.25, 0.3) is 0 Å². The fraction of sp³-hybridized carbons (Fsp3) is 0.571. The number of aromatic amines is 1. The minimum Gasteiger partial charge on any atom is -0.338 e. The molecule has 4 aliphatic carbocycles. The number of hydrogen-bond donors (Lipinski definition) is 4. The van der Waals surface area contributed by atoms with Crippen LogP contribution in [0.5, 0.6) is 0 Å². The number of urea groups is 1. The maximum Gasteiger partial charge on any atom is 0.315 e. The number of nitrogens with zero attached hydrogens (tertiary/aromatic N) is 1. The van der Waals surface area contributed by atoms with Gasteiger partial charge in [0.05, 0.1) is 11.0 Å². The van der Waals surface area contributed by atoms with Gasteiger partial charge in [-0.05, 0) is 68.4 Å². The lowest BCUT2D eigenvalue weighted by Gasteiger charge is -2.56. The van der Waals surface area contributed by atoms with Crippen molar-refractivity contribution in [3.63, 3.8) is 0 Å². The number of imidazole rings is 1. The van der Waals surface area contributed by atoms with Crippen LogP contribution in [0.15, 0.2) is 24.3 Å². The highest BCUT2D eigenvalue weighted by molar-refractivity contribution is 5.91. The Morgan fingerprint density at radius 1 is 1.07 bits per heavy atom. The molecule has 148 valence electrons. The molecule has 7 nitrogen and oxygen atoms in total. The van der Waals surface area contributed by atoms with Crippen LogP contribution in [0.1, 0.15) is 44.9 Å². The summed E-state index contributed by atoms with van der Waals surface area (Å²) in [6.45, 7) is 0.310. The first kappa shape index (κ1) is 17.5. The van der Waals surface area contributed by atoms with Crippen LogP contribution in [0.2, 0.25) is 0 Å². The highest BCUT2D eigenvalue weighted by Gasteiger charge is 2.51. The average Bonchev–Trinajstić information content (AvgIpc) is 3.02. The molecule has 6 rings (SSSR count). The van der Waals surface area contributed by atoms with E-state index in [0.717, 1.165) is 48.0 Å². The number of anilines is 1. The number of para-hydroxylation sites is 2. The summed E-state index contributed by atoms with van der Waals surface area (Å²) in [6, 6.07) is 7.48. The van der Waals surface area contributed by atoms with E-state index in [0.29, 0.717) is 12.5 Å². The molecule has 4 fully saturated rings. The van der Waals surface area contributed by atoms with Crippen molar-refractivity contribution in [3.8, 4) is 0 Å². The van der Waals surface area contributed by atoms with Crippen LogP contribution < -0.4 is 16.0 Å². The molecule has 4 saturated carbocycles. The molecule has 0 unspecified atom stereocenters. The van der Waals surface area contributed by atoms with Crippen LogP contribution in [0.4, 0.5) is 10.7 Å². The first-order valence-electron chi connectivity index (χ1n) is 10.4. The second-order valence-corrected chi connectivity index (χ2v) is 8.98. The van der Waals surface area contributed by atoms with Gasteiger partial charge in [-0.25, -0.2) is 9.78 Å². The molecule has 0 saturated heterocycles. The van der Waals surface area contributed by atoms with Crippen LogP contribution in [0.25, 0.3) is 11.0 Å². The third kappa shape index (κ3) is 3.45. The van der Waals surface area contributed by atoms with Crippen LogP contribution in [0, 0.1) is 17.8 Å². The maximum absolute atomic E-state index is 12.4. The number of rotatable bonds is 5. The lowest BCUT2D eigenvalue weighted by molar-refractivity contribution is -0.116. The normalized spacial score (nSPS) is 30.4. The topological polar surface area (TPSA) is 98.9 Å². The molecule has 0 radical (unpaired) electrons. The Morgan fingerprint density at radius 2 is 1.75 bits per heavy atom. The van der Waals surface area contributed by atoms with Gasteiger partial charge < -0.3 is 15.6 Å². The Labute approximate surface area is 164 Å². The van der Waals surface area contributed by atoms with Crippen LogP contribution in [0.3, 0.4) is 0 Å². The van der Waals surface area contributed by atoms with E-state index in [2.05, 4.69) is 25.9 Å². The molecule has 4 aliphatic rings. The van der Waals surface area contributed by atoms with Gasteiger partial charge in [0.2, 0.25) is 11.9 Å². The lowest BCUT2D eigenvalue weighted by atomic mass is 9.53. The molecule has 0 atom stereocenters. The van der Waals surface area contributed by atoms with E-state index in [1.165, 1.54) is 19.3 Å². The summed E-state index contributed by atoms with van der Waals surface area (Å²) < 4.78 is 0. The fourth-order valence-electron chi connectivity index (χ4n) is 6.04. The second kappa shape index (κ2) is 6.79. The minimum atomic E-state index is -0.172. The average molecular weight is 381 g/mol. The van der Waals surface area contributed by atoms with Gasteiger partial charge in [-0.15, -0.1) is 0 Å². The van der Waals surface area contributed by atoms with Crippen molar-refractivity contribution in [1.82, 2.24) is 20.6 Å². The smallest absolute Gasteiger partial charge is 0.315 e. The van der Waals surface area contributed by atoms with Gasteiger partial charge in [-0.2, -0.15) is 0 Å². The Balaban J connectivity index is 1.09. The standard InChI is InChI=1S/C21H27N5O2/c27-18(25-19-23-16-3-1-2-4-17(16)24-19)5-6-22-20(28)26-21-10-13-7-14(11-21)9-15(8-13)12-21/h1-4,13-15H,5-12H2,(H2,22,26,28)(H2,23,24,25,27). The summed E-state index contributed by atoms with van der Waals surface area (Å²) >= 11 is 0. The largest absolute Gasteiger partial charge is 0.338 e. The number of benzene rings is 1. The third-order valence-electron chi connectivity index (χ3n) is 6.70. The van der Waals surface area contributed by atoms with Gasteiger partial charge in [0.1, 0.15) is 0 Å². The summed E-state index contributed by atoms with van der Waals surface area (Å²) in [5.41, 5.74) is 1.69. The summed E-state index contributed by atoms with van der Waals surface area (Å²) in [5, 5.41) is 8.88. The van der Waals surface area contributed by atoms with Crippen molar-refractivity contribution in [2.75, 3.05) is 11.9 Å². The van der Waals surface area contributed by atoms with Crippen molar-refractivity contribution in [3.05, 3.63) is 24.3 Å². The second-order valence-electron chi connectivity index (χ2n) is 8.98. The summed E-state index contributed by atoms with van der Waals surface area (Å²) in [4.78, 5) is 31.9. The summed E-state index contributed by atoms with van der Waals surface area (Å²) in [6.07, 6.45) is 7.64. The lowest BCUT2D eigenvalue weighted by Crippen LogP contribution is -2.61. The molecule has 1 heterocycles. The number of fused-ring (bicyclic) bond motifs is 1. The van der Waals surface area contributed by atoms with Gasteiger partial charge in [-0.1, -0.05) is 12.1 Å². The monoisotopic (exact) mass is 381 g/mol. The van der Waals surface area contributed by atoms with Crippen LogP contribution in [-0.4, -0.2) is 34.0 Å². The highest BCUT2D eigenvalue weighted by atomic mass is 16.2. The van der Waals surface area contributed by atoms with Gasteiger partial charge in [-0.3, -0.25) is 10.1 Å². The molecule has 4 bridgehead atoms. The molecular formula is C21H27N5O2. The first-order valence-corrected chi connectivity index (χ1v) is 10.4. The van der Waals surface area contributed by atoms with Crippen LogP contribution >= 0.6 is 0 Å². The number of hydrogen-bond acceptors (Lipinski definition) is 3. The molecule has 1 aromatic carbocycles. The van der Waals surface area contributed by atoms with E-state index in [4.69, 9.17) is 0 Å². The van der Waals surface area contributed by atoms with E-state index in [9.17, 15) is 9.59 Å². The molecule has 1 aromatic heterocycles. The van der Waals surface area contributed by atoms with E-state index < -0.39 is 0 Å². The van der Waals surface area contributed by atoms with E-state index in [-0.39, 0.29) is 23.9 Å². The van der Waals surface area contributed by atoms with Crippen LogP contribution in [-0.2, 0) is 4.79 Å². The van der Waals surface area contributed by atoms with E-state index in [1.54, 1.807) is 0 Å². The van der Waals surface area contributed by atoms with Gasteiger partial charge in [0, 0.05) is 18.5 Å². The fourth-order valence-corrected chi connectivity index (χ4v) is 6.04. The summed E-state index contributed by atoms with van der Waals surface area (Å²) in [7, 11) is 0. The zero-order valence-electron chi connectivity index (χ0n) is 16.0. The molecule has 0 aliphatic heterocycles. The molecule has 4 N–H and O–H groups in total. The molecule has 2 aromatic rings. The number of nitrogens with one attached hydrogen (secondary N) is 4. The minimum absolute atomic E-state index is 0.00460. The zero-order chi connectivity index (χ0) is 19.1. The summed E-state index contributed by atoms with van der Waals surface area (Å²) in [5.74, 6) is 2.64. The van der Waals surface area contributed by atoms with E-state index in [1.807, 2.05) is 24.3 Å². The molecule has 7 heteroatoms. The van der Waals surface area contributed by atoms with Gasteiger partial charge in [0.15, 0.2) is 0 Å². The number of aromatic nitrogens is 2. The molecular weight excluding hydrogens is 354 g/mol. The predicted octanol–water partition coefficient (Wildman–Crippen LogP) is 3.16. The third-order valence-corrected chi connectivity index (χ3v) is 6.70. The number of carbonyl (C=O) groups is 2. The molecule has 3 amide bonds. The van der Waals surface area contributed by atoms with Crippen molar-refractivity contribution >= 4 is 28.9 Å². The zero-order valence-corrected chi connectivity index (χ0v) is 16.0. The number of H-pyrrole nitrogens is 1. The molecule has 28 heavy (non-hydrogen) atoms. The number of amides is 3. The van der Waals surface area contributed by atoms with Crippen molar-refractivity contribution in [1.29, 1.82) is 0 Å². The Morgan fingerprint density at radius 3 is 2.43 bits per heavy atom. The Hall–Kier alpha value is -2.57. The number of carbonyl (C=O) groups excluding carboxylic acids is 2.